The van der Waals surface area contributed by atoms with Gasteiger partial charge in [-0.2, -0.15) is 52.6 Å². The zero-order valence-corrected chi connectivity index (χ0v) is 48.5. The number of hydrogen-bond acceptors (Lipinski definition) is 21. The van der Waals surface area contributed by atoms with Crippen molar-refractivity contribution < 1.29 is 69.6 Å². The summed E-state index contributed by atoms with van der Waals surface area (Å²) in [5.74, 6) is -1.14. The molecule has 82 heavy (non-hydrogen) atoms. The molecule has 7 rings (SSSR count). The highest BCUT2D eigenvalue weighted by molar-refractivity contribution is 7.87. The van der Waals surface area contributed by atoms with E-state index in [-0.39, 0.29) is 88.4 Å². The quantitative estimate of drug-likeness (QED) is 0.0259. The summed E-state index contributed by atoms with van der Waals surface area (Å²) >= 11 is 12.7. The number of carbonyl (C=O) groups is 1. The van der Waals surface area contributed by atoms with E-state index in [0.717, 1.165) is 43.2 Å². The average molecular weight is 1280 g/mol. The molecule has 7 aromatic rings. The van der Waals surface area contributed by atoms with Gasteiger partial charge in [0.15, 0.2) is 16.6 Å². The molecule has 2 heterocycles. The molecular formula is C48H40Cl2N10O16S6. The maximum atomic E-state index is 13.2. The second-order valence-electron chi connectivity index (χ2n) is 17.4. The van der Waals surface area contributed by atoms with Crippen molar-refractivity contribution in [2.75, 3.05) is 16.0 Å². The first kappa shape index (κ1) is 62.2. The molecule has 2 aromatic heterocycles. The van der Waals surface area contributed by atoms with Crippen LogP contribution in [0, 0.1) is 35.5 Å². The summed E-state index contributed by atoms with van der Waals surface area (Å²) in [6.45, 7) is 5.25. The third-order valence-corrected chi connectivity index (χ3v) is 18.2. The van der Waals surface area contributed by atoms with Crippen LogP contribution in [0.5, 0.6) is 0 Å². The van der Waals surface area contributed by atoms with Crippen LogP contribution in [0.1, 0.15) is 56.2 Å². The van der Waals surface area contributed by atoms with Gasteiger partial charge < -0.3 is 16.0 Å². The molecular weight excluding hydrogens is 1240 g/mol. The molecule has 34 heteroatoms. The number of fused-ring (bicyclic) bond motifs is 1. The predicted octanol–water partition coefficient (Wildman–Crippen LogP) is 12.0. The molecule has 5 aromatic carbocycles. The van der Waals surface area contributed by atoms with E-state index in [2.05, 4.69) is 41.4 Å². The Morgan fingerprint density at radius 1 is 0.622 bits per heavy atom. The van der Waals surface area contributed by atoms with Gasteiger partial charge in [-0.25, -0.2) is 4.98 Å². The summed E-state index contributed by atoms with van der Waals surface area (Å²) in [6.07, 6.45) is 2.88. The minimum Gasteiger partial charge on any atom is -0.339 e. The highest BCUT2D eigenvalue weighted by Gasteiger charge is 2.28. The fourth-order valence-electron chi connectivity index (χ4n) is 8.01. The molecule has 0 radical (unpaired) electrons. The summed E-state index contributed by atoms with van der Waals surface area (Å²) in [4.78, 5) is 12.7. The van der Waals surface area contributed by atoms with Crippen molar-refractivity contribution in [1.82, 2.24) is 4.98 Å². The first-order valence-electron chi connectivity index (χ1n) is 23.2. The first-order chi connectivity index (χ1) is 38.3. The van der Waals surface area contributed by atoms with Crippen molar-refractivity contribution in [2.24, 2.45) is 26.4 Å². The number of pyridine rings is 1. The molecule has 0 fully saturated rings. The molecule has 26 nitrogen and oxygen atoms in total. The number of nitriles is 2. The maximum absolute atomic E-state index is 13.2. The number of anilines is 5. The van der Waals surface area contributed by atoms with Gasteiger partial charge >= 0.3 is 0 Å². The molecule has 1 unspecified atom stereocenters. The zero-order valence-electron chi connectivity index (χ0n) is 42.1. The summed E-state index contributed by atoms with van der Waals surface area (Å²) < 4.78 is 174. The van der Waals surface area contributed by atoms with Crippen LogP contribution in [0.4, 0.5) is 50.1 Å². The molecule has 0 aliphatic heterocycles. The van der Waals surface area contributed by atoms with Crippen LogP contribution in [0.2, 0.25) is 10.0 Å². The fourth-order valence-corrected chi connectivity index (χ4v) is 13.0. The summed E-state index contributed by atoms with van der Waals surface area (Å²) in [5.41, 5.74) is -0.985. The average Bonchev–Trinajstić information content (AvgIpc) is 2.60. The minimum atomic E-state index is -5.43. The van der Waals surface area contributed by atoms with Crippen LogP contribution in [0.25, 0.3) is 21.9 Å². The van der Waals surface area contributed by atoms with Crippen molar-refractivity contribution in [3.8, 4) is 23.3 Å². The SMILES string of the molecule is CCCCC(CC)C(=O)Nc1ccc(-c2c(/N=N/c3cc(S(=O)(=O)O)c4cc(S(=O)(=O)O)cc(S(=O)(=O)O)c4c3)sc(N=Nc3c(Nc4ccc(Cl)c(S(=O)(=O)O)c4)nc(Nc4ccc(Cl)c(S(=O)(=O)O)c4)c(C#N)c3C)c2C#N)cc1. The van der Waals surface area contributed by atoms with Gasteiger partial charge in [-0.05, 0) is 98.1 Å². The number of rotatable bonds is 20. The fraction of sp³-hybridized carbons (Fsp3) is 0.167. The summed E-state index contributed by atoms with van der Waals surface area (Å²) in [5, 5.41) is 44.2. The van der Waals surface area contributed by atoms with Gasteiger partial charge in [-0.15, -0.1) is 20.5 Å². The van der Waals surface area contributed by atoms with E-state index in [1.54, 1.807) is 0 Å². The molecule has 428 valence electrons. The molecule has 0 aliphatic rings. The van der Waals surface area contributed by atoms with E-state index >= 15 is 0 Å². The van der Waals surface area contributed by atoms with Gasteiger partial charge in [-0.3, -0.25) is 27.6 Å². The Morgan fingerprint density at radius 3 is 1.65 bits per heavy atom. The molecule has 0 spiro atoms. The van der Waals surface area contributed by atoms with Crippen molar-refractivity contribution in [3.63, 3.8) is 0 Å². The highest BCUT2D eigenvalue weighted by atomic mass is 35.5. The molecule has 0 bridgehead atoms. The molecule has 1 amide bonds. The second kappa shape index (κ2) is 24.2. The van der Waals surface area contributed by atoms with E-state index < -0.39 is 91.5 Å². The van der Waals surface area contributed by atoms with Gasteiger partial charge in [0.2, 0.25) is 5.91 Å². The lowest BCUT2D eigenvalue weighted by Crippen LogP contribution is -2.22. The lowest BCUT2D eigenvalue weighted by Gasteiger charge is -2.16. The van der Waals surface area contributed by atoms with Crippen molar-refractivity contribution in [2.45, 2.75) is 70.9 Å². The predicted molar refractivity (Wildman–Crippen MR) is 301 cm³/mol. The van der Waals surface area contributed by atoms with Gasteiger partial charge in [0.1, 0.15) is 48.0 Å². The lowest BCUT2D eigenvalue weighted by molar-refractivity contribution is -0.120. The molecule has 1 atom stereocenters. The van der Waals surface area contributed by atoms with Gasteiger partial charge in [-0.1, -0.05) is 73.4 Å². The smallest absolute Gasteiger partial charge is 0.296 e. The minimum absolute atomic E-state index is 0.0223. The first-order valence-corrected chi connectivity index (χ1v) is 31.9. The molecule has 0 saturated carbocycles. The Kier molecular flexibility index (Phi) is 18.4. The van der Waals surface area contributed by atoms with Crippen molar-refractivity contribution >= 4 is 152 Å². The number of azo groups is 2. The van der Waals surface area contributed by atoms with Gasteiger partial charge in [0.25, 0.3) is 50.6 Å². The number of aromatic nitrogens is 1. The van der Waals surface area contributed by atoms with Crippen LogP contribution in [-0.4, -0.2) is 75.7 Å². The van der Waals surface area contributed by atoms with Crippen LogP contribution >= 0.6 is 34.5 Å². The molecule has 8 N–H and O–H groups in total. The Hall–Kier alpha value is -7.41. The zero-order chi connectivity index (χ0) is 60.4. The standard InChI is InChI=1S/C48H40Cl2N10O16S6/c1-4-6-7-25(5-2)46(61)55-27-10-8-26(9-11-27)42-35(23-52)47(77-48(42)60-57-30-16-32-33(38(19-30)79(65,66)67)20-31(78(62,63)64)21-39(32)80(68,69)70)59-58-43-24(3)34(22-51)44(53-28-12-14-36(49)40(17-28)81(71,72)73)56-45(43)54-29-13-15-37(50)41(18-29)82(74,75)76/h8-21,25H,4-7H2,1-3H3,(H,55,61)(H2,53,54,56)(H,62,63,64)(H,65,66,67)(H,68,69,70)(H,71,72,73)(H,74,75,76)/b59-58?,60-57+. The number of unbranched alkanes of at least 4 members (excludes halogenated alkanes) is 1. The summed E-state index contributed by atoms with van der Waals surface area (Å²) in [6, 6.07) is 19.0. The number of amides is 1. The van der Waals surface area contributed by atoms with Crippen LogP contribution < -0.4 is 16.0 Å². The van der Waals surface area contributed by atoms with E-state index in [0.29, 0.717) is 48.1 Å². The van der Waals surface area contributed by atoms with Crippen LogP contribution in [0.3, 0.4) is 0 Å². The Balaban J connectivity index is 1.45. The number of hydrogen-bond donors (Lipinski definition) is 8. The van der Waals surface area contributed by atoms with E-state index in [9.17, 15) is 80.2 Å². The van der Waals surface area contributed by atoms with Crippen LogP contribution in [0.15, 0.2) is 130 Å². The second-order valence-corrected chi connectivity index (χ2v) is 26.2. The molecule has 0 aliphatic carbocycles. The highest BCUT2D eigenvalue weighted by Crippen LogP contribution is 2.49. The van der Waals surface area contributed by atoms with E-state index in [1.807, 2.05) is 26.0 Å². The number of nitrogens with one attached hydrogen (secondary N) is 3. The number of halogens is 2. The van der Waals surface area contributed by atoms with Gasteiger partial charge in [0, 0.05) is 44.9 Å². The number of thiophene rings is 1. The summed E-state index contributed by atoms with van der Waals surface area (Å²) in [7, 11) is -25.9. The number of benzene rings is 5. The normalized spacial score (nSPS) is 12.8. The number of nitrogens with zero attached hydrogens (tertiary/aromatic N) is 7. The maximum Gasteiger partial charge on any atom is 0.296 e. The molecule has 0 saturated heterocycles. The van der Waals surface area contributed by atoms with E-state index in [1.165, 1.54) is 43.3 Å². The Morgan fingerprint density at radius 2 is 1.13 bits per heavy atom. The number of carbonyl (C=O) groups excluding carboxylic acids is 1. The van der Waals surface area contributed by atoms with Gasteiger partial charge in [0.05, 0.1) is 26.2 Å². The topological polar surface area (TPSA) is 435 Å². The van der Waals surface area contributed by atoms with Crippen molar-refractivity contribution in [3.05, 3.63) is 112 Å². The lowest BCUT2D eigenvalue weighted by atomic mass is 9.98. The third-order valence-electron chi connectivity index (χ3n) is 12.0. The third kappa shape index (κ3) is 14.1. The van der Waals surface area contributed by atoms with E-state index in [4.69, 9.17) is 23.2 Å². The largest absolute Gasteiger partial charge is 0.339 e. The Labute approximate surface area is 482 Å². The monoisotopic (exact) mass is 1270 g/mol. The van der Waals surface area contributed by atoms with Crippen LogP contribution in [-0.2, 0) is 55.4 Å². The van der Waals surface area contributed by atoms with Crippen molar-refractivity contribution in [1.29, 1.82) is 10.5 Å². The Bertz CT molecular complexity index is 4530.